The van der Waals surface area contributed by atoms with Crippen LogP contribution in [0, 0.1) is 0 Å². The smallest absolute Gasteiger partial charge is 0.273 e. The number of ether oxygens (including phenoxy) is 2. The topological polar surface area (TPSA) is 76.8 Å². The van der Waals surface area contributed by atoms with Crippen molar-refractivity contribution in [3.05, 3.63) is 65.9 Å². The fourth-order valence-electron chi connectivity index (χ4n) is 3.97. The lowest BCUT2D eigenvalue weighted by molar-refractivity contribution is 0.0929. The van der Waals surface area contributed by atoms with E-state index in [9.17, 15) is 4.79 Å². The van der Waals surface area contributed by atoms with Crippen LogP contribution in [-0.2, 0) is 0 Å². The average Bonchev–Trinajstić information content (AvgIpc) is 3.52. The molecule has 0 aliphatic carbocycles. The predicted molar refractivity (Wildman–Crippen MR) is 117 cm³/mol. The maximum atomic E-state index is 12.8. The third-order valence-electron chi connectivity index (χ3n) is 5.63. The average molecular weight is 421 g/mol. The van der Waals surface area contributed by atoms with Gasteiger partial charge in [-0.2, -0.15) is 0 Å². The molecule has 1 saturated heterocycles. The third kappa shape index (κ3) is 4.72. The first-order valence-corrected chi connectivity index (χ1v) is 10.5. The number of nitrogens with zero attached hydrogens (tertiary/aromatic N) is 2. The molecule has 1 atom stereocenters. The molecule has 1 aliphatic rings. The molecule has 1 fully saturated rings. The van der Waals surface area contributed by atoms with Gasteiger partial charge in [-0.25, -0.2) is 0 Å². The summed E-state index contributed by atoms with van der Waals surface area (Å²) in [4.78, 5) is 15.2. The van der Waals surface area contributed by atoms with Crippen LogP contribution in [0.15, 0.2) is 59.1 Å². The van der Waals surface area contributed by atoms with Gasteiger partial charge in [0.15, 0.2) is 23.0 Å². The Labute approximate surface area is 181 Å². The summed E-state index contributed by atoms with van der Waals surface area (Å²) >= 11 is 0. The number of methoxy groups -OCH3 is 2. The van der Waals surface area contributed by atoms with E-state index in [0.29, 0.717) is 23.8 Å². The van der Waals surface area contributed by atoms with Crippen molar-refractivity contribution in [1.29, 1.82) is 0 Å². The van der Waals surface area contributed by atoms with E-state index in [2.05, 4.69) is 15.4 Å². The third-order valence-corrected chi connectivity index (χ3v) is 5.63. The fourth-order valence-corrected chi connectivity index (χ4v) is 3.97. The van der Waals surface area contributed by atoms with E-state index in [1.807, 2.05) is 48.5 Å². The van der Waals surface area contributed by atoms with Crippen molar-refractivity contribution in [2.24, 2.45) is 0 Å². The standard InChI is InChI=1S/C24H27N3O4/c1-29-21-11-10-18(14-23(21)30-2)20(27-12-6-7-13-27)16-25-24(28)19-15-22(31-26-19)17-8-4-3-5-9-17/h3-5,8-11,14-15,20H,6-7,12-13,16H2,1-2H3,(H,25,28). The van der Waals surface area contributed by atoms with Gasteiger partial charge in [-0.1, -0.05) is 41.6 Å². The van der Waals surface area contributed by atoms with Crippen LogP contribution >= 0.6 is 0 Å². The van der Waals surface area contributed by atoms with E-state index in [-0.39, 0.29) is 17.6 Å². The maximum Gasteiger partial charge on any atom is 0.273 e. The van der Waals surface area contributed by atoms with Crippen LogP contribution in [0.1, 0.15) is 34.9 Å². The van der Waals surface area contributed by atoms with Crippen LogP contribution in [-0.4, -0.2) is 49.8 Å². The molecule has 0 saturated carbocycles. The number of amides is 1. The van der Waals surface area contributed by atoms with Crippen molar-refractivity contribution >= 4 is 5.91 Å². The first kappa shape index (κ1) is 20.9. The first-order chi connectivity index (χ1) is 15.2. The molecule has 7 nitrogen and oxygen atoms in total. The number of hydrogen-bond acceptors (Lipinski definition) is 6. The van der Waals surface area contributed by atoms with Gasteiger partial charge in [-0.05, 0) is 43.6 Å². The normalized spacial score (nSPS) is 14.9. The van der Waals surface area contributed by atoms with Crippen LogP contribution in [0.5, 0.6) is 11.5 Å². The summed E-state index contributed by atoms with van der Waals surface area (Å²) in [5.41, 5.74) is 2.23. The SMILES string of the molecule is COc1ccc(C(CNC(=O)c2cc(-c3ccccc3)on2)N2CCCC2)cc1OC. The Bertz CT molecular complexity index is 1010. The Hall–Kier alpha value is -3.32. The van der Waals surface area contributed by atoms with E-state index in [0.717, 1.165) is 37.1 Å². The Morgan fingerprint density at radius 2 is 1.81 bits per heavy atom. The number of hydrogen-bond donors (Lipinski definition) is 1. The van der Waals surface area contributed by atoms with Gasteiger partial charge in [0, 0.05) is 18.2 Å². The van der Waals surface area contributed by atoms with E-state index >= 15 is 0 Å². The minimum atomic E-state index is -0.254. The zero-order valence-electron chi connectivity index (χ0n) is 17.8. The quantitative estimate of drug-likeness (QED) is 0.594. The highest BCUT2D eigenvalue weighted by atomic mass is 16.5. The van der Waals surface area contributed by atoms with Gasteiger partial charge in [-0.3, -0.25) is 9.69 Å². The molecular formula is C24H27N3O4. The molecule has 7 heteroatoms. The summed E-state index contributed by atoms with van der Waals surface area (Å²) < 4.78 is 16.2. The monoisotopic (exact) mass is 421 g/mol. The molecule has 1 aromatic heterocycles. The molecule has 4 rings (SSSR count). The number of carbonyl (C=O) groups is 1. The Morgan fingerprint density at radius 1 is 1.06 bits per heavy atom. The van der Waals surface area contributed by atoms with Gasteiger partial charge >= 0.3 is 0 Å². The van der Waals surface area contributed by atoms with Crippen molar-refractivity contribution in [2.45, 2.75) is 18.9 Å². The molecule has 2 aromatic carbocycles. The van der Waals surface area contributed by atoms with Crippen LogP contribution < -0.4 is 14.8 Å². The second-order valence-electron chi connectivity index (χ2n) is 7.53. The molecule has 0 radical (unpaired) electrons. The number of aromatic nitrogens is 1. The van der Waals surface area contributed by atoms with Gasteiger partial charge in [0.1, 0.15) is 0 Å². The molecule has 31 heavy (non-hydrogen) atoms. The zero-order chi connectivity index (χ0) is 21.6. The van der Waals surface area contributed by atoms with Gasteiger partial charge in [0.25, 0.3) is 5.91 Å². The van der Waals surface area contributed by atoms with E-state index in [1.165, 1.54) is 0 Å². The highest BCUT2D eigenvalue weighted by Crippen LogP contribution is 2.33. The lowest BCUT2D eigenvalue weighted by Crippen LogP contribution is -2.37. The fraction of sp³-hybridized carbons (Fsp3) is 0.333. The van der Waals surface area contributed by atoms with Crippen LogP contribution in [0.4, 0.5) is 0 Å². The maximum absolute atomic E-state index is 12.8. The van der Waals surface area contributed by atoms with E-state index in [1.54, 1.807) is 20.3 Å². The van der Waals surface area contributed by atoms with Crippen LogP contribution in [0.25, 0.3) is 11.3 Å². The Kier molecular flexibility index (Phi) is 6.52. The molecule has 0 spiro atoms. The van der Waals surface area contributed by atoms with Crippen molar-refractivity contribution in [2.75, 3.05) is 33.9 Å². The van der Waals surface area contributed by atoms with E-state index in [4.69, 9.17) is 14.0 Å². The predicted octanol–water partition coefficient (Wildman–Crippen LogP) is 3.93. The van der Waals surface area contributed by atoms with Crippen molar-refractivity contribution < 1.29 is 18.8 Å². The van der Waals surface area contributed by atoms with E-state index < -0.39 is 0 Å². The number of carbonyl (C=O) groups excluding carboxylic acids is 1. The van der Waals surface area contributed by atoms with Gasteiger partial charge in [-0.15, -0.1) is 0 Å². The molecule has 1 N–H and O–H groups in total. The lowest BCUT2D eigenvalue weighted by Gasteiger charge is -2.28. The molecule has 1 unspecified atom stereocenters. The Balaban J connectivity index is 1.49. The Morgan fingerprint density at radius 3 is 2.52 bits per heavy atom. The minimum absolute atomic E-state index is 0.0340. The van der Waals surface area contributed by atoms with Gasteiger partial charge < -0.3 is 19.3 Å². The first-order valence-electron chi connectivity index (χ1n) is 10.5. The van der Waals surface area contributed by atoms with Crippen molar-refractivity contribution in [3.8, 4) is 22.8 Å². The van der Waals surface area contributed by atoms with Gasteiger partial charge in [0.2, 0.25) is 0 Å². The number of benzene rings is 2. The van der Waals surface area contributed by atoms with Crippen LogP contribution in [0.2, 0.25) is 0 Å². The lowest BCUT2D eigenvalue weighted by atomic mass is 10.0. The van der Waals surface area contributed by atoms with Crippen molar-refractivity contribution in [1.82, 2.24) is 15.4 Å². The molecule has 0 bridgehead atoms. The second-order valence-corrected chi connectivity index (χ2v) is 7.53. The largest absolute Gasteiger partial charge is 0.493 e. The number of rotatable bonds is 8. The highest BCUT2D eigenvalue weighted by molar-refractivity contribution is 5.93. The summed E-state index contributed by atoms with van der Waals surface area (Å²) in [6.07, 6.45) is 2.31. The molecular weight excluding hydrogens is 394 g/mol. The van der Waals surface area contributed by atoms with Crippen molar-refractivity contribution in [3.63, 3.8) is 0 Å². The molecule has 162 valence electrons. The number of likely N-dealkylation sites (tertiary alicyclic amines) is 1. The second kappa shape index (κ2) is 9.66. The zero-order valence-corrected chi connectivity index (χ0v) is 17.8. The highest BCUT2D eigenvalue weighted by Gasteiger charge is 2.26. The summed E-state index contributed by atoms with van der Waals surface area (Å²) in [6.45, 7) is 2.45. The van der Waals surface area contributed by atoms with Gasteiger partial charge in [0.05, 0.1) is 20.3 Å². The molecule has 2 heterocycles. The molecule has 3 aromatic rings. The van der Waals surface area contributed by atoms with Crippen LogP contribution in [0.3, 0.4) is 0 Å². The number of nitrogens with one attached hydrogen (secondary N) is 1. The minimum Gasteiger partial charge on any atom is -0.493 e. The summed E-state index contributed by atoms with van der Waals surface area (Å²) in [5, 5.41) is 6.98. The summed E-state index contributed by atoms with van der Waals surface area (Å²) in [7, 11) is 3.25. The molecule has 1 amide bonds. The molecule has 1 aliphatic heterocycles. The summed E-state index contributed by atoms with van der Waals surface area (Å²) in [6, 6.07) is 17.2. The summed E-state index contributed by atoms with van der Waals surface area (Å²) in [5.74, 6) is 1.68.